The molecule has 0 spiro atoms. The average molecular weight is 238 g/mol. The standard InChI is InChI=1S/C9H10N4O2S/c10-16(14,15)9-3-1-8(2-4-9)7-13-6-5-11-12-13/h1-6H,7H2,(H2,10,14,15). The Labute approximate surface area is 92.7 Å². The normalized spacial score (nSPS) is 11.6. The van der Waals surface area contributed by atoms with Crippen LogP contribution < -0.4 is 5.14 Å². The molecule has 0 amide bonds. The zero-order valence-corrected chi connectivity index (χ0v) is 9.13. The first-order chi connectivity index (χ1) is 7.55. The Morgan fingerprint density at radius 3 is 2.44 bits per heavy atom. The van der Waals surface area contributed by atoms with Gasteiger partial charge in [-0.1, -0.05) is 17.3 Å². The summed E-state index contributed by atoms with van der Waals surface area (Å²) in [5.74, 6) is 0. The van der Waals surface area contributed by atoms with Crippen molar-refractivity contribution in [2.45, 2.75) is 11.4 Å². The summed E-state index contributed by atoms with van der Waals surface area (Å²) in [4.78, 5) is 0.106. The van der Waals surface area contributed by atoms with Crippen molar-refractivity contribution in [1.29, 1.82) is 0 Å². The molecule has 0 atom stereocenters. The first-order valence-corrected chi connectivity index (χ1v) is 6.06. The molecule has 0 fully saturated rings. The van der Waals surface area contributed by atoms with Gasteiger partial charge >= 0.3 is 0 Å². The lowest BCUT2D eigenvalue weighted by Crippen LogP contribution is -2.12. The van der Waals surface area contributed by atoms with Crippen LogP contribution in [0.25, 0.3) is 0 Å². The van der Waals surface area contributed by atoms with Crippen LogP contribution in [-0.4, -0.2) is 23.4 Å². The van der Waals surface area contributed by atoms with Crippen molar-refractivity contribution in [3.63, 3.8) is 0 Å². The highest BCUT2D eigenvalue weighted by Gasteiger charge is 2.06. The maximum Gasteiger partial charge on any atom is 0.238 e. The molecule has 2 aromatic rings. The van der Waals surface area contributed by atoms with E-state index in [1.54, 1.807) is 29.2 Å². The van der Waals surface area contributed by atoms with Crippen LogP contribution in [-0.2, 0) is 16.6 Å². The Hall–Kier alpha value is -1.73. The number of aromatic nitrogens is 3. The van der Waals surface area contributed by atoms with Crippen LogP contribution in [0.4, 0.5) is 0 Å². The minimum atomic E-state index is -3.62. The average Bonchev–Trinajstić information content (AvgIpc) is 2.70. The summed E-state index contributed by atoms with van der Waals surface area (Å²) in [7, 11) is -3.62. The third-order valence-electron chi connectivity index (χ3n) is 2.07. The first kappa shape index (κ1) is 10.8. The molecule has 0 aliphatic carbocycles. The van der Waals surface area contributed by atoms with Crippen LogP contribution in [0.1, 0.15) is 5.56 Å². The predicted molar refractivity (Wildman–Crippen MR) is 56.9 cm³/mol. The molecule has 0 bridgehead atoms. The molecule has 1 aromatic heterocycles. The molecule has 6 nitrogen and oxygen atoms in total. The number of hydrogen-bond donors (Lipinski definition) is 1. The monoisotopic (exact) mass is 238 g/mol. The van der Waals surface area contributed by atoms with Gasteiger partial charge in [0, 0.05) is 6.20 Å². The second-order valence-corrected chi connectivity index (χ2v) is 4.85. The summed E-state index contributed by atoms with van der Waals surface area (Å²) in [6, 6.07) is 6.34. The maximum atomic E-state index is 11.0. The molecule has 1 heterocycles. The summed E-state index contributed by atoms with van der Waals surface area (Å²) >= 11 is 0. The molecular formula is C9H10N4O2S. The van der Waals surface area contributed by atoms with E-state index in [-0.39, 0.29) is 4.90 Å². The van der Waals surface area contributed by atoms with Crippen LogP contribution in [0.5, 0.6) is 0 Å². The molecule has 7 heteroatoms. The SMILES string of the molecule is NS(=O)(=O)c1ccc(Cn2ccnn2)cc1. The lowest BCUT2D eigenvalue weighted by molar-refractivity contribution is 0.597. The van der Waals surface area contributed by atoms with Gasteiger partial charge in [-0.2, -0.15) is 0 Å². The van der Waals surface area contributed by atoms with Crippen molar-refractivity contribution in [2.75, 3.05) is 0 Å². The van der Waals surface area contributed by atoms with Crippen molar-refractivity contribution in [3.05, 3.63) is 42.2 Å². The van der Waals surface area contributed by atoms with Crippen molar-refractivity contribution >= 4 is 10.0 Å². The van der Waals surface area contributed by atoms with Crippen LogP contribution in [0, 0.1) is 0 Å². The minimum Gasteiger partial charge on any atom is -0.248 e. The zero-order chi connectivity index (χ0) is 11.6. The van der Waals surface area contributed by atoms with E-state index in [1.165, 1.54) is 12.1 Å². The molecule has 0 unspecified atom stereocenters. The number of nitrogens with zero attached hydrogens (tertiary/aromatic N) is 3. The molecule has 84 valence electrons. The molecule has 0 aliphatic rings. The first-order valence-electron chi connectivity index (χ1n) is 4.51. The van der Waals surface area contributed by atoms with E-state index in [0.717, 1.165) is 5.56 Å². The molecule has 0 aliphatic heterocycles. The minimum absolute atomic E-state index is 0.106. The zero-order valence-electron chi connectivity index (χ0n) is 8.31. The fraction of sp³-hybridized carbons (Fsp3) is 0.111. The van der Waals surface area contributed by atoms with E-state index in [2.05, 4.69) is 10.3 Å². The number of rotatable bonds is 3. The third kappa shape index (κ3) is 2.44. The van der Waals surface area contributed by atoms with Gasteiger partial charge in [0.05, 0.1) is 17.6 Å². The molecule has 2 rings (SSSR count). The highest BCUT2D eigenvalue weighted by molar-refractivity contribution is 7.89. The molecule has 0 radical (unpaired) electrons. The predicted octanol–water partition coefficient (Wildman–Crippen LogP) is -0.0262. The lowest BCUT2D eigenvalue weighted by Gasteiger charge is -2.02. The van der Waals surface area contributed by atoms with Gasteiger partial charge in [0.25, 0.3) is 0 Å². The van der Waals surface area contributed by atoms with Gasteiger partial charge in [-0.15, -0.1) is 5.10 Å². The summed E-state index contributed by atoms with van der Waals surface area (Å²) in [6.45, 7) is 0.547. The molecule has 16 heavy (non-hydrogen) atoms. The summed E-state index contributed by atoms with van der Waals surface area (Å²) in [5.41, 5.74) is 0.929. The van der Waals surface area contributed by atoms with Gasteiger partial charge in [-0.3, -0.25) is 0 Å². The van der Waals surface area contributed by atoms with Gasteiger partial charge in [0.15, 0.2) is 0 Å². The third-order valence-corrected chi connectivity index (χ3v) is 3.00. The van der Waals surface area contributed by atoms with Crippen molar-refractivity contribution < 1.29 is 8.42 Å². The maximum absolute atomic E-state index is 11.0. The highest BCUT2D eigenvalue weighted by atomic mass is 32.2. The number of sulfonamides is 1. The topological polar surface area (TPSA) is 90.9 Å². The molecule has 0 saturated carbocycles. The van der Waals surface area contributed by atoms with Crippen LogP contribution in [0.15, 0.2) is 41.6 Å². The number of nitrogens with two attached hydrogens (primary N) is 1. The molecule has 2 N–H and O–H groups in total. The van der Waals surface area contributed by atoms with E-state index in [1.807, 2.05) is 0 Å². The van der Waals surface area contributed by atoms with Crippen molar-refractivity contribution in [2.24, 2.45) is 5.14 Å². The van der Waals surface area contributed by atoms with Gasteiger partial charge in [-0.05, 0) is 17.7 Å². The summed E-state index contributed by atoms with van der Waals surface area (Å²) in [6.07, 6.45) is 3.31. The largest absolute Gasteiger partial charge is 0.248 e. The molecule has 0 saturated heterocycles. The second kappa shape index (κ2) is 4.03. The molecule has 1 aromatic carbocycles. The van der Waals surface area contributed by atoms with E-state index in [0.29, 0.717) is 6.54 Å². The van der Waals surface area contributed by atoms with Crippen molar-refractivity contribution in [1.82, 2.24) is 15.0 Å². The lowest BCUT2D eigenvalue weighted by atomic mass is 10.2. The Balaban J connectivity index is 2.20. The van der Waals surface area contributed by atoms with Crippen LogP contribution in [0.2, 0.25) is 0 Å². The Morgan fingerprint density at radius 1 is 1.25 bits per heavy atom. The second-order valence-electron chi connectivity index (χ2n) is 3.29. The van der Waals surface area contributed by atoms with Crippen LogP contribution >= 0.6 is 0 Å². The Bertz CT molecular complexity index is 560. The fourth-order valence-corrected chi connectivity index (χ4v) is 1.80. The van der Waals surface area contributed by atoms with E-state index in [4.69, 9.17) is 5.14 Å². The summed E-state index contributed by atoms with van der Waals surface area (Å²) in [5, 5.41) is 12.5. The van der Waals surface area contributed by atoms with Gasteiger partial charge in [0.1, 0.15) is 0 Å². The van der Waals surface area contributed by atoms with Crippen LogP contribution in [0.3, 0.4) is 0 Å². The number of primary sulfonamides is 1. The van der Waals surface area contributed by atoms with E-state index >= 15 is 0 Å². The highest BCUT2D eigenvalue weighted by Crippen LogP contribution is 2.09. The van der Waals surface area contributed by atoms with Gasteiger partial charge in [0.2, 0.25) is 10.0 Å². The Kier molecular flexibility index (Phi) is 2.71. The fourth-order valence-electron chi connectivity index (χ4n) is 1.29. The smallest absolute Gasteiger partial charge is 0.238 e. The number of hydrogen-bond acceptors (Lipinski definition) is 4. The Morgan fingerprint density at radius 2 is 1.94 bits per heavy atom. The van der Waals surface area contributed by atoms with E-state index in [9.17, 15) is 8.42 Å². The quantitative estimate of drug-likeness (QED) is 0.813. The molecular weight excluding hydrogens is 228 g/mol. The van der Waals surface area contributed by atoms with E-state index < -0.39 is 10.0 Å². The summed E-state index contributed by atoms with van der Waals surface area (Å²) < 4.78 is 23.7. The van der Waals surface area contributed by atoms with Gasteiger partial charge < -0.3 is 0 Å². The number of benzene rings is 1. The van der Waals surface area contributed by atoms with Crippen molar-refractivity contribution in [3.8, 4) is 0 Å². The van der Waals surface area contributed by atoms with Gasteiger partial charge in [-0.25, -0.2) is 18.2 Å².